The molecule has 0 bridgehead atoms. The lowest BCUT2D eigenvalue weighted by Gasteiger charge is -2.17. The number of carboxylic acid groups (broad SMARTS) is 1. The number of hydrogen-bond donors (Lipinski definition) is 2. The van der Waals surface area contributed by atoms with Gasteiger partial charge in [-0.05, 0) is 39.7 Å². The summed E-state index contributed by atoms with van der Waals surface area (Å²) in [6, 6.07) is 3.28. The zero-order valence-electron chi connectivity index (χ0n) is 14.0. The Labute approximate surface area is 139 Å². The zero-order valence-corrected chi connectivity index (χ0v) is 14.0. The average Bonchev–Trinajstić information content (AvgIpc) is 3.19. The van der Waals surface area contributed by atoms with Gasteiger partial charge in [-0.1, -0.05) is 11.6 Å². The Balaban J connectivity index is 1.85. The molecule has 1 aliphatic carbocycles. The number of carbonyl (C=O) groups is 2. The summed E-state index contributed by atoms with van der Waals surface area (Å²) in [5.41, 5.74) is 2.15. The van der Waals surface area contributed by atoms with E-state index < -0.39 is 11.9 Å². The number of carbonyl (C=O) groups excluding carboxylic acids is 1. The van der Waals surface area contributed by atoms with Gasteiger partial charge in [-0.2, -0.15) is 0 Å². The van der Waals surface area contributed by atoms with Crippen LogP contribution in [0.25, 0.3) is 5.82 Å². The third-order valence-corrected chi connectivity index (χ3v) is 4.67. The summed E-state index contributed by atoms with van der Waals surface area (Å²) in [5.74, 6) is -0.269. The molecule has 1 amide bonds. The predicted molar refractivity (Wildman–Crippen MR) is 86.3 cm³/mol. The Bertz CT molecular complexity index is 790. The lowest BCUT2D eigenvalue weighted by molar-refractivity contribution is -0.142. The molecule has 1 saturated carbocycles. The third kappa shape index (κ3) is 2.81. The number of aliphatic carboxylic acids is 1. The molecule has 0 aliphatic heterocycles. The van der Waals surface area contributed by atoms with Crippen LogP contribution in [0, 0.1) is 26.7 Å². The van der Waals surface area contributed by atoms with Crippen molar-refractivity contribution >= 4 is 11.9 Å². The van der Waals surface area contributed by atoms with Crippen molar-refractivity contribution in [2.75, 3.05) is 0 Å². The largest absolute Gasteiger partial charge is 0.481 e. The summed E-state index contributed by atoms with van der Waals surface area (Å²) in [4.78, 5) is 23.9. The lowest BCUT2D eigenvalue weighted by atomic mass is 10.0. The predicted octanol–water partition coefficient (Wildman–Crippen LogP) is 2.37. The summed E-state index contributed by atoms with van der Waals surface area (Å²) in [6.45, 7) is 5.54. The SMILES string of the molecule is Cc1cc(-n2c(C)cc(C(=O)N[C@@H]3CCC[C@@H]3C(=O)O)c2C)no1. The first kappa shape index (κ1) is 16.3. The van der Waals surface area contributed by atoms with Crippen molar-refractivity contribution in [1.82, 2.24) is 15.0 Å². The van der Waals surface area contributed by atoms with Crippen molar-refractivity contribution in [2.45, 2.75) is 46.1 Å². The van der Waals surface area contributed by atoms with Gasteiger partial charge < -0.3 is 14.9 Å². The normalized spacial score (nSPS) is 20.3. The highest BCUT2D eigenvalue weighted by Crippen LogP contribution is 2.27. The van der Waals surface area contributed by atoms with Crippen LogP contribution in [0.15, 0.2) is 16.7 Å². The maximum atomic E-state index is 12.6. The van der Waals surface area contributed by atoms with Crippen LogP contribution in [0.3, 0.4) is 0 Å². The molecule has 7 heteroatoms. The molecule has 24 heavy (non-hydrogen) atoms. The Morgan fingerprint density at radius 1 is 1.29 bits per heavy atom. The highest BCUT2D eigenvalue weighted by atomic mass is 16.5. The second-order valence-electron chi connectivity index (χ2n) is 6.37. The van der Waals surface area contributed by atoms with E-state index in [2.05, 4.69) is 10.5 Å². The molecule has 2 atom stereocenters. The fourth-order valence-corrected chi connectivity index (χ4v) is 3.48. The van der Waals surface area contributed by atoms with Gasteiger partial charge in [-0.25, -0.2) is 0 Å². The summed E-state index contributed by atoms with van der Waals surface area (Å²) in [6.07, 6.45) is 2.13. The van der Waals surface area contributed by atoms with Crippen molar-refractivity contribution < 1.29 is 19.2 Å². The fraction of sp³-hybridized carbons (Fsp3) is 0.471. The van der Waals surface area contributed by atoms with E-state index in [9.17, 15) is 14.7 Å². The van der Waals surface area contributed by atoms with Crippen LogP contribution in [-0.2, 0) is 4.79 Å². The minimum absolute atomic E-state index is 0.243. The van der Waals surface area contributed by atoms with E-state index in [1.807, 2.05) is 25.3 Å². The topological polar surface area (TPSA) is 97.4 Å². The highest BCUT2D eigenvalue weighted by Gasteiger charge is 2.34. The molecule has 0 radical (unpaired) electrons. The molecule has 0 spiro atoms. The van der Waals surface area contributed by atoms with E-state index in [1.165, 1.54) is 0 Å². The van der Waals surface area contributed by atoms with Crippen molar-refractivity contribution in [3.63, 3.8) is 0 Å². The van der Waals surface area contributed by atoms with Gasteiger partial charge in [0.05, 0.1) is 11.5 Å². The fourth-order valence-electron chi connectivity index (χ4n) is 3.48. The van der Waals surface area contributed by atoms with Crippen molar-refractivity contribution in [2.24, 2.45) is 5.92 Å². The molecule has 3 rings (SSSR count). The first-order chi connectivity index (χ1) is 11.4. The molecule has 1 aliphatic rings. The Hall–Kier alpha value is -2.57. The van der Waals surface area contributed by atoms with Crippen molar-refractivity contribution in [1.29, 1.82) is 0 Å². The minimum Gasteiger partial charge on any atom is -0.481 e. The second-order valence-corrected chi connectivity index (χ2v) is 6.37. The number of rotatable bonds is 4. The molecule has 0 unspecified atom stereocenters. The average molecular weight is 331 g/mol. The third-order valence-electron chi connectivity index (χ3n) is 4.67. The standard InChI is InChI=1S/C17H21N3O4/c1-9-7-13(11(3)20(9)15-8-10(2)24-19-15)16(21)18-14-6-4-5-12(14)17(22)23/h7-8,12,14H,4-6H2,1-3H3,(H,18,21)(H,22,23)/t12-,14+/m0/s1. The van der Waals surface area contributed by atoms with Gasteiger partial charge in [-0.15, -0.1) is 0 Å². The molecule has 2 N–H and O–H groups in total. The van der Waals surface area contributed by atoms with Gasteiger partial charge in [0.1, 0.15) is 5.76 Å². The van der Waals surface area contributed by atoms with Crippen LogP contribution in [0.2, 0.25) is 0 Å². The maximum absolute atomic E-state index is 12.6. The molecule has 2 heterocycles. The molecule has 128 valence electrons. The van der Waals surface area contributed by atoms with Gasteiger partial charge >= 0.3 is 5.97 Å². The molecule has 0 saturated heterocycles. The van der Waals surface area contributed by atoms with Crippen molar-refractivity contribution in [3.05, 3.63) is 34.8 Å². The second kappa shape index (κ2) is 6.14. The van der Waals surface area contributed by atoms with Gasteiger partial charge in [0.25, 0.3) is 5.91 Å². The minimum atomic E-state index is -0.846. The lowest BCUT2D eigenvalue weighted by Crippen LogP contribution is -2.40. The van der Waals surface area contributed by atoms with Gasteiger partial charge in [-0.3, -0.25) is 14.2 Å². The molecular weight excluding hydrogens is 310 g/mol. The number of hydrogen-bond acceptors (Lipinski definition) is 4. The summed E-state index contributed by atoms with van der Waals surface area (Å²) >= 11 is 0. The van der Waals surface area contributed by atoms with Crippen molar-refractivity contribution in [3.8, 4) is 5.82 Å². The Morgan fingerprint density at radius 3 is 2.67 bits per heavy atom. The first-order valence-electron chi connectivity index (χ1n) is 8.04. The number of amides is 1. The van der Waals surface area contributed by atoms with Crippen LogP contribution in [0.5, 0.6) is 0 Å². The van der Waals surface area contributed by atoms with E-state index >= 15 is 0 Å². The monoisotopic (exact) mass is 331 g/mol. The van der Waals surface area contributed by atoms with E-state index in [4.69, 9.17) is 4.52 Å². The molecule has 0 aromatic carbocycles. The summed E-state index contributed by atoms with van der Waals surface area (Å²) in [7, 11) is 0. The summed E-state index contributed by atoms with van der Waals surface area (Å²) in [5, 5.41) is 16.1. The van der Waals surface area contributed by atoms with E-state index in [-0.39, 0.29) is 11.9 Å². The first-order valence-corrected chi connectivity index (χ1v) is 8.04. The number of nitrogens with one attached hydrogen (secondary N) is 1. The Kier molecular flexibility index (Phi) is 4.17. The van der Waals surface area contributed by atoms with Gasteiger partial charge in [0.15, 0.2) is 5.82 Å². The molecule has 7 nitrogen and oxygen atoms in total. The Morgan fingerprint density at radius 2 is 2.04 bits per heavy atom. The number of carboxylic acids is 1. The van der Waals surface area contributed by atoms with Crippen LogP contribution in [-0.4, -0.2) is 32.7 Å². The zero-order chi connectivity index (χ0) is 17.4. The van der Waals surface area contributed by atoms with E-state index in [0.717, 1.165) is 17.8 Å². The summed E-state index contributed by atoms with van der Waals surface area (Å²) < 4.78 is 6.97. The van der Waals surface area contributed by atoms with Crippen LogP contribution in [0.1, 0.15) is 46.8 Å². The quantitative estimate of drug-likeness (QED) is 0.896. The molecule has 2 aromatic rings. The molecule has 1 fully saturated rings. The van der Waals surface area contributed by atoms with Gasteiger partial charge in [0, 0.05) is 23.5 Å². The van der Waals surface area contributed by atoms with Crippen LogP contribution in [0.4, 0.5) is 0 Å². The number of aryl methyl sites for hydroxylation is 2. The molecular formula is C17H21N3O4. The number of nitrogens with zero attached hydrogens (tertiary/aromatic N) is 2. The maximum Gasteiger partial charge on any atom is 0.308 e. The number of aromatic nitrogens is 2. The van der Waals surface area contributed by atoms with Crippen LogP contribution < -0.4 is 5.32 Å². The van der Waals surface area contributed by atoms with E-state index in [0.29, 0.717) is 30.0 Å². The highest BCUT2D eigenvalue weighted by molar-refractivity contribution is 5.96. The smallest absolute Gasteiger partial charge is 0.308 e. The van der Waals surface area contributed by atoms with Crippen LogP contribution >= 0.6 is 0 Å². The van der Waals surface area contributed by atoms with Gasteiger partial charge in [0.2, 0.25) is 0 Å². The van der Waals surface area contributed by atoms with E-state index in [1.54, 1.807) is 12.1 Å². The molecule has 2 aromatic heterocycles.